The van der Waals surface area contributed by atoms with Crippen LogP contribution in [0.4, 0.5) is 5.69 Å². The Hall–Kier alpha value is -2.29. The molecule has 0 aromatic heterocycles. The number of rotatable bonds is 7. The summed E-state index contributed by atoms with van der Waals surface area (Å²) in [6.45, 7) is 6.43. The largest absolute Gasteiger partial charge is 0.371 e. The first-order valence-corrected chi connectivity index (χ1v) is 7.81. The number of amides is 1. The molecule has 0 radical (unpaired) electrons. The normalized spacial score (nSPS) is 10.3. The van der Waals surface area contributed by atoms with Gasteiger partial charge in [0.1, 0.15) is 0 Å². The monoisotopic (exact) mass is 296 g/mol. The number of anilines is 1. The molecular formula is C19H24N2O. The Morgan fingerprint density at radius 2 is 1.86 bits per heavy atom. The first-order chi connectivity index (χ1) is 10.7. The smallest absolute Gasteiger partial charge is 0.222 e. The third-order valence-corrected chi connectivity index (χ3v) is 3.69. The maximum absolute atomic E-state index is 12.0. The average Bonchev–Trinajstić information content (AvgIpc) is 2.54. The highest BCUT2D eigenvalue weighted by atomic mass is 16.1. The summed E-state index contributed by atoms with van der Waals surface area (Å²) in [5.74, 6) is 0.0926. The number of nitrogens with one attached hydrogen (secondary N) is 1. The topological polar surface area (TPSA) is 32.3 Å². The third kappa shape index (κ3) is 4.92. The van der Waals surface area contributed by atoms with Crippen molar-refractivity contribution in [2.24, 2.45) is 0 Å². The lowest BCUT2D eigenvalue weighted by molar-refractivity contribution is -0.121. The van der Waals surface area contributed by atoms with Crippen LogP contribution in [0.5, 0.6) is 0 Å². The molecular weight excluding hydrogens is 272 g/mol. The van der Waals surface area contributed by atoms with Gasteiger partial charge >= 0.3 is 0 Å². The van der Waals surface area contributed by atoms with E-state index < -0.39 is 0 Å². The number of hydrogen-bond acceptors (Lipinski definition) is 2. The van der Waals surface area contributed by atoms with E-state index in [1.807, 2.05) is 30.3 Å². The Bertz CT molecular complexity index is 595. The van der Waals surface area contributed by atoms with Gasteiger partial charge in [0.2, 0.25) is 5.91 Å². The van der Waals surface area contributed by atoms with Crippen LogP contribution in [0.15, 0.2) is 54.6 Å². The highest BCUT2D eigenvalue weighted by Crippen LogP contribution is 2.15. The van der Waals surface area contributed by atoms with E-state index in [-0.39, 0.29) is 5.91 Å². The lowest BCUT2D eigenvalue weighted by Gasteiger charge is -2.23. The predicted molar refractivity (Wildman–Crippen MR) is 92.0 cm³/mol. The third-order valence-electron chi connectivity index (χ3n) is 3.69. The minimum atomic E-state index is 0.0926. The van der Waals surface area contributed by atoms with Crippen LogP contribution in [0, 0.1) is 6.92 Å². The molecule has 0 aliphatic carbocycles. The molecule has 3 heteroatoms. The highest BCUT2D eigenvalue weighted by Gasteiger charge is 2.07. The predicted octanol–water partition coefficient (Wildman–Crippen LogP) is 3.53. The Morgan fingerprint density at radius 1 is 1.09 bits per heavy atom. The van der Waals surface area contributed by atoms with Crippen LogP contribution in [-0.2, 0) is 11.3 Å². The van der Waals surface area contributed by atoms with E-state index in [0.29, 0.717) is 13.0 Å². The molecule has 0 heterocycles. The van der Waals surface area contributed by atoms with E-state index in [4.69, 9.17) is 0 Å². The van der Waals surface area contributed by atoms with Gasteiger partial charge in [-0.05, 0) is 37.1 Å². The minimum Gasteiger partial charge on any atom is -0.371 e. The standard InChI is InChI=1S/C19H24N2O/c1-3-21(18-11-7-8-16(2)14-18)13-12-19(22)20-15-17-9-5-4-6-10-17/h4-11,14H,3,12-13,15H2,1-2H3,(H,20,22). The summed E-state index contributed by atoms with van der Waals surface area (Å²) in [5, 5.41) is 2.98. The van der Waals surface area contributed by atoms with Crippen LogP contribution < -0.4 is 10.2 Å². The van der Waals surface area contributed by atoms with E-state index in [1.165, 1.54) is 11.3 Å². The number of carbonyl (C=O) groups is 1. The van der Waals surface area contributed by atoms with Gasteiger partial charge < -0.3 is 10.2 Å². The lowest BCUT2D eigenvalue weighted by Crippen LogP contribution is -2.30. The van der Waals surface area contributed by atoms with Crippen molar-refractivity contribution >= 4 is 11.6 Å². The molecule has 0 saturated carbocycles. The fourth-order valence-electron chi connectivity index (χ4n) is 2.42. The zero-order valence-corrected chi connectivity index (χ0v) is 13.4. The van der Waals surface area contributed by atoms with Gasteiger partial charge in [-0.2, -0.15) is 0 Å². The van der Waals surface area contributed by atoms with Crippen molar-refractivity contribution in [2.75, 3.05) is 18.0 Å². The Kier molecular flexibility index (Phi) is 6.01. The second-order valence-electron chi connectivity index (χ2n) is 5.43. The second-order valence-corrected chi connectivity index (χ2v) is 5.43. The number of hydrogen-bond donors (Lipinski definition) is 1. The van der Waals surface area contributed by atoms with Gasteiger partial charge in [-0.3, -0.25) is 4.79 Å². The fraction of sp³-hybridized carbons (Fsp3) is 0.316. The molecule has 0 spiro atoms. The number of nitrogens with zero attached hydrogens (tertiary/aromatic N) is 1. The summed E-state index contributed by atoms with van der Waals surface area (Å²) in [4.78, 5) is 14.2. The van der Waals surface area contributed by atoms with Crippen molar-refractivity contribution in [3.8, 4) is 0 Å². The molecule has 0 aliphatic heterocycles. The summed E-state index contributed by atoms with van der Waals surface area (Å²) in [6, 6.07) is 18.4. The Labute approximate surface area is 133 Å². The Balaban J connectivity index is 1.81. The Morgan fingerprint density at radius 3 is 2.55 bits per heavy atom. The maximum atomic E-state index is 12.0. The summed E-state index contributed by atoms with van der Waals surface area (Å²) in [7, 11) is 0. The molecule has 2 aromatic rings. The van der Waals surface area contributed by atoms with Crippen LogP contribution in [0.1, 0.15) is 24.5 Å². The zero-order chi connectivity index (χ0) is 15.8. The van der Waals surface area contributed by atoms with Crippen molar-refractivity contribution in [3.63, 3.8) is 0 Å². The summed E-state index contributed by atoms with van der Waals surface area (Å²) < 4.78 is 0. The average molecular weight is 296 g/mol. The van der Waals surface area contributed by atoms with Crippen molar-refractivity contribution in [1.82, 2.24) is 5.32 Å². The van der Waals surface area contributed by atoms with Crippen molar-refractivity contribution < 1.29 is 4.79 Å². The first-order valence-electron chi connectivity index (χ1n) is 7.81. The molecule has 0 fully saturated rings. The van der Waals surface area contributed by atoms with E-state index in [9.17, 15) is 4.79 Å². The fourth-order valence-corrected chi connectivity index (χ4v) is 2.42. The molecule has 2 rings (SSSR count). The molecule has 2 aromatic carbocycles. The minimum absolute atomic E-state index is 0.0926. The van der Waals surface area contributed by atoms with Gasteiger partial charge in [0.05, 0.1) is 0 Å². The van der Waals surface area contributed by atoms with Gasteiger partial charge in [-0.25, -0.2) is 0 Å². The van der Waals surface area contributed by atoms with Crippen molar-refractivity contribution in [2.45, 2.75) is 26.8 Å². The quantitative estimate of drug-likeness (QED) is 0.847. The molecule has 1 amide bonds. The molecule has 0 aliphatic rings. The summed E-state index contributed by atoms with van der Waals surface area (Å²) in [5.41, 5.74) is 3.55. The van der Waals surface area contributed by atoms with Crippen molar-refractivity contribution in [1.29, 1.82) is 0 Å². The van der Waals surface area contributed by atoms with Crippen LogP contribution in [-0.4, -0.2) is 19.0 Å². The van der Waals surface area contributed by atoms with Crippen LogP contribution in [0.3, 0.4) is 0 Å². The SMILES string of the molecule is CCN(CCC(=O)NCc1ccccc1)c1cccc(C)c1. The maximum Gasteiger partial charge on any atom is 0.222 e. The summed E-state index contributed by atoms with van der Waals surface area (Å²) in [6.07, 6.45) is 0.509. The van der Waals surface area contributed by atoms with Crippen LogP contribution in [0.25, 0.3) is 0 Å². The van der Waals surface area contributed by atoms with Gasteiger partial charge in [0, 0.05) is 31.7 Å². The van der Waals surface area contributed by atoms with Gasteiger partial charge in [-0.1, -0.05) is 42.5 Å². The second kappa shape index (κ2) is 8.23. The molecule has 3 nitrogen and oxygen atoms in total. The molecule has 0 saturated heterocycles. The van der Waals surface area contributed by atoms with Gasteiger partial charge in [0.15, 0.2) is 0 Å². The van der Waals surface area contributed by atoms with Crippen LogP contribution >= 0.6 is 0 Å². The number of aryl methyl sites for hydroxylation is 1. The van der Waals surface area contributed by atoms with Crippen LogP contribution in [0.2, 0.25) is 0 Å². The van der Waals surface area contributed by atoms with Gasteiger partial charge in [0.25, 0.3) is 0 Å². The van der Waals surface area contributed by atoms with Gasteiger partial charge in [-0.15, -0.1) is 0 Å². The molecule has 0 atom stereocenters. The number of benzene rings is 2. The molecule has 0 unspecified atom stereocenters. The molecule has 0 bridgehead atoms. The van der Waals surface area contributed by atoms with E-state index in [0.717, 1.165) is 18.7 Å². The number of carbonyl (C=O) groups excluding carboxylic acids is 1. The molecule has 22 heavy (non-hydrogen) atoms. The van der Waals surface area contributed by atoms with Crippen molar-refractivity contribution in [3.05, 3.63) is 65.7 Å². The van der Waals surface area contributed by atoms with E-state index >= 15 is 0 Å². The molecule has 116 valence electrons. The molecule has 1 N–H and O–H groups in total. The summed E-state index contributed by atoms with van der Waals surface area (Å²) >= 11 is 0. The van der Waals surface area contributed by atoms with E-state index in [1.54, 1.807) is 0 Å². The highest BCUT2D eigenvalue weighted by molar-refractivity contribution is 5.76. The first kappa shape index (κ1) is 16.1. The van der Waals surface area contributed by atoms with E-state index in [2.05, 4.69) is 48.3 Å². The zero-order valence-electron chi connectivity index (χ0n) is 13.4. The lowest BCUT2D eigenvalue weighted by atomic mass is 10.2.